The van der Waals surface area contributed by atoms with E-state index in [0.29, 0.717) is 49.7 Å². The summed E-state index contributed by atoms with van der Waals surface area (Å²) >= 11 is 6.20. The molecule has 0 bridgehead atoms. The van der Waals surface area contributed by atoms with Gasteiger partial charge in [0, 0.05) is 19.4 Å². The van der Waals surface area contributed by atoms with Gasteiger partial charge in [0.25, 0.3) is 0 Å². The zero-order valence-electron chi connectivity index (χ0n) is 16.0. The first kappa shape index (κ1) is 19.6. The van der Waals surface area contributed by atoms with Crippen LogP contribution in [0.2, 0.25) is 5.02 Å². The molecule has 2 heterocycles. The van der Waals surface area contributed by atoms with Gasteiger partial charge in [-0.3, -0.25) is 9.59 Å². The Hall–Kier alpha value is -2.73. The first-order valence-corrected chi connectivity index (χ1v) is 10.2. The smallest absolute Gasteiger partial charge is 0.249 e. The van der Waals surface area contributed by atoms with Crippen LogP contribution in [-0.4, -0.2) is 37.6 Å². The standard InChI is InChI=1S/C22H23ClN2O4/c23-16-4-1-2-5-18(16)25-11-10-17(22(25)27)24-21(26)9-7-15-6-8-19-20(14-15)29-13-3-12-28-19/h1-2,4-6,8,14,17H,3,7,9-13H2,(H,24,26). The molecule has 0 aromatic heterocycles. The van der Waals surface area contributed by atoms with Gasteiger partial charge >= 0.3 is 0 Å². The normalized spacial score (nSPS) is 18.4. The number of nitrogens with zero attached hydrogens (tertiary/aromatic N) is 1. The third-order valence-electron chi connectivity index (χ3n) is 5.14. The van der Waals surface area contributed by atoms with Crippen molar-refractivity contribution in [2.24, 2.45) is 0 Å². The van der Waals surface area contributed by atoms with E-state index in [1.165, 1.54) is 0 Å². The highest BCUT2D eigenvalue weighted by Crippen LogP contribution is 2.31. The lowest BCUT2D eigenvalue weighted by Crippen LogP contribution is -2.41. The Balaban J connectivity index is 1.32. The van der Waals surface area contributed by atoms with Crippen molar-refractivity contribution < 1.29 is 19.1 Å². The van der Waals surface area contributed by atoms with Gasteiger partial charge in [0.05, 0.1) is 23.9 Å². The summed E-state index contributed by atoms with van der Waals surface area (Å²) in [6.45, 7) is 1.81. The molecule has 152 valence electrons. The molecule has 0 radical (unpaired) electrons. The minimum absolute atomic E-state index is 0.123. The molecule has 0 saturated carbocycles. The molecule has 2 aromatic carbocycles. The van der Waals surface area contributed by atoms with E-state index in [9.17, 15) is 9.59 Å². The van der Waals surface area contributed by atoms with Gasteiger partial charge in [0.2, 0.25) is 11.8 Å². The Bertz CT molecular complexity index is 917. The summed E-state index contributed by atoms with van der Waals surface area (Å²) in [7, 11) is 0. The highest BCUT2D eigenvalue weighted by molar-refractivity contribution is 6.34. The molecule has 7 heteroatoms. The van der Waals surface area contributed by atoms with Crippen LogP contribution in [0.1, 0.15) is 24.8 Å². The van der Waals surface area contributed by atoms with E-state index in [2.05, 4.69) is 5.32 Å². The Labute approximate surface area is 174 Å². The number of nitrogens with one attached hydrogen (secondary N) is 1. The van der Waals surface area contributed by atoms with Gasteiger partial charge in [0.15, 0.2) is 11.5 Å². The second kappa shape index (κ2) is 8.74. The number of amides is 2. The number of para-hydroxylation sites is 1. The zero-order valence-corrected chi connectivity index (χ0v) is 16.8. The molecular weight excluding hydrogens is 392 g/mol. The van der Waals surface area contributed by atoms with Crippen LogP contribution < -0.4 is 19.7 Å². The summed E-state index contributed by atoms with van der Waals surface area (Å²) in [6.07, 6.45) is 2.29. The molecule has 2 aliphatic heterocycles. The van der Waals surface area contributed by atoms with Crippen molar-refractivity contribution >= 4 is 29.1 Å². The monoisotopic (exact) mass is 414 g/mol. The van der Waals surface area contributed by atoms with Gasteiger partial charge in [0.1, 0.15) is 6.04 Å². The van der Waals surface area contributed by atoms with Gasteiger partial charge in [-0.25, -0.2) is 0 Å². The first-order chi connectivity index (χ1) is 14.1. The molecule has 0 spiro atoms. The number of rotatable bonds is 5. The van der Waals surface area contributed by atoms with Crippen molar-refractivity contribution in [3.8, 4) is 11.5 Å². The SMILES string of the molecule is O=C(CCc1ccc2c(c1)OCCCO2)NC1CCN(c2ccccc2Cl)C1=O. The molecule has 1 unspecified atom stereocenters. The van der Waals surface area contributed by atoms with Crippen molar-refractivity contribution in [3.63, 3.8) is 0 Å². The maximum atomic E-state index is 12.7. The summed E-state index contributed by atoms with van der Waals surface area (Å²) in [5, 5.41) is 3.39. The number of benzene rings is 2. The predicted molar refractivity (Wildman–Crippen MR) is 111 cm³/mol. The van der Waals surface area contributed by atoms with Gasteiger partial charge in [-0.05, 0) is 42.7 Å². The number of carbonyl (C=O) groups excluding carboxylic acids is 2. The largest absolute Gasteiger partial charge is 0.490 e. The lowest BCUT2D eigenvalue weighted by atomic mass is 10.1. The van der Waals surface area contributed by atoms with Gasteiger partial charge in [-0.15, -0.1) is 0 Å². The van der Waals surface area contributed by atoms with Crippen LogP contribution in [0.15, 0.2) is 42.5 Å². The molecule has 2 aromatic rings. The highest BCUT2D eigenvalue weighted by atomic mass is 35.5. The molecule has 1 atom stereocenters. The summed E-state index contributed by atoms with van der Waals surface area (Å²) in [6, 6.07) is 12.5. The third-order valence-corrected chi connectivity index (χ3v) is 5.46. The number of fused-ring (bicyclic) bond motifs is 1. The van der Waals surface area contributed by atoms with E-state index in [-0.39, 0.29) is 11.8 Å². The fourth-order valence-corrected chi connectivity index (χ4v) is 3.85. The molecule has 0 aliphatic carbocycles. The van der Waals surface area contributed by atoms with Crippen LogP contribution in [0.25, 0.3) is 0 Å². The number of anilines is 1. The van der Waals surface area contributed by atoms with Crippen molar-refractivity contribution in [1.82, 2.24) is 5.32 Å². The number of hydrogen-bond donors (Lipinski definition) is 1. The summed E-state index contributed by atoms with van der Waals surface area (Å²) in [5.74, 6) is 1.20. The Morgan fingerprint density at radius 2 is 1.93 bits per heavy atom. The van der Waals surface area contributed by atoms with Crippen molar-refractivity contribution in [2.75, 3.05) is 24.7 Å². The quantitative estimate of drug-likeness (QED) is 0.814. The molecule has 1 N–H and O–H groups in total. The predicted octanol–water partition coefficient (Wildman–Crippen LogP) is 3.36. The van der Waals surface area contributed by atoms with Crippen LogP contribution >= 0.6 is 11.6 Å². The van der Waals surface area contributed by atoms with Gasteiger partial charge < -0.3 is 19.7 Å². The maximum absolute atomic E-state index is 12.7. The second-order valence-electron chi connectivity index (χ2n) is 7.18. The van der Waals surface area contributed by atoms with Crippen molar-refractivity contribution in [1.29, 1.82) is 0 Å². The lowest BCUT2D eigenvalue weighted by Gasteiger charge is -2.18. The lowest BCUT2D eigenvalue weighted by molar-refractivity contribution is -0.126. The molecule has 4 rings (SSSR count). The minimum atomic E-state index is -0.512. The van der Waals surface area contributed by atoms with E-state index in [1.807, 2.05) is 36.4 Å². The van der Waals surface area contributed by atoms with Crippen LogP contribution in [-0.2, 0) is 16.0 Å². The summed E-state index contributed by atoms with van der Waals surface area (Å²) < 4.78 is 11.3. The number of hydrogen-bond acceptors (Lipinski definition) is 4. The summed E-state index contributed by atoms with van der Waals surface area (Å²) in [5.41, 5.74) is 1.68. The van der Waals surface area contributed by atoms with Crippen LogP contribution in [0.4, 0.5) is 5.69 Å². The first-order valence-electron chi connectivity index (χ1n) is 9.85. The fraction of sp³-hybridized carbons (Fsp3) is 0.364. The highest BCUT2D eigenvalue weighted by Gasteiger charge is 2.34. The summed E-state index contributed by atoms with van der Waals surface area (Å²) in [4.78, 5) is 26.7. The third kappa shape index (κ3) is 4.48. The molecule has 1 saturated heterocycles. The van der Waals surface area contributed by atoms with Crippen LogP contribution in [0.3, 0.4) is 0 Å². The van der Waals surface area contributed by atoms with Gasteiger partial charge in [-0.2, -0.15) is 0 Å². The molecule has 2 amide bonds. The topological polar surface area (TPSA) is 67.9 Å². The molecule has 29 heavy (non-hydrogen) atoms. The second-order valence-corrected chi connectivity index (χ2v) is 7.59. The van der Waals surface area contributed by atoms with Gasteiger partial charge in [-0.1, -0.05) is 29.8 Å². The van der Waals surface area contributed by atoms with E-state index < -0.39 is 6.04 Å². The van der Waals surface area contributed by atoms with Crippen molar-refractivity contribution in [3.05, 3.63) is 53.1 Å². The fourth-order valence-electron chi connectivity index (χ4n) is 3.61. The minimum Gasteiger partial charge on any atom is -0.490 e. The van der Waals surface area contributed by atoms with Crippen molar-refractivity contribution in [2.45, 2.75) is 31.7 Å². The van der Waals surface area contributed by atoms with E-state index in [4.69, 9.17) is 21.1 Å². The molecule has 2 aliphatic rings. The van der Waals surface area contributed by atoms with E-state index in [0.717, 1.165) is 23.5 Å². The molecular formula is C22H23ClN2O4. The number of carbonyl (C=O) groups is 2. The zero-order chi connectivity index (χ0) is 20.2. The van der Waals surface area contributed by atoms with Crippen LogP contribution in [0, 0.1) is 0 Å². The Morgan fingerprint density at radius 1 is 1.14 bits per heavy atom. The van der Waals surface area contributed by atoms with E-state index in [1.54, 1.807) is 11.0 Å². The Kier molecular flexibility index (Phi) is 5.90. The molecule has 1 fully saturated rings. The van der Waals surface area contributed by atoms with E-state index >= 15 is 0 Å². The average molecular weight is 415 g/mol. The maximum Gasteiger partial charge on any atom is 0.249 e. The van der Waals surface area contributed by atoms with Crippen LogP contribution in [0.5, 0.6) is 11.5 Å². The number of aryl methyl sites for hydroxylation is 1. The number of halogens is 1. The molecule has 6 nitrogen and oxygen atoms in total. The number of ether oxygens (including phenoxy) is 2. The average Bonchev–Trinajstić information content (AvgIpc) is 2.92. The Morgan fingerprint density at radius 3 is 2.76 bits per heavy atom.